The zero-order valence-corrected chi connectivity index (χ0v) is 10.9. The van der Waals surface area contributed by atoms with Crippen molar-refractivity contribution in [1.29, 1.82) is 0 Å². The molecule has 0 radical (unpaired) electrons. The number of anilines is 1. The predicted octanol–water partition coefficient (Wildman–Crippen LogP) is 0.882. The lowest BCUT2D eigenvalue weighted by molar-refractivity contribution is -0.00554. The van der Waals surface area contributed by atoms with Gasteiger partial charge in [0.2, 0.25) is 0 Å². The van der Waals surface area contributed by atoms with Gasteiger partial charge in [-0.25, -0.2) is 0 Å². The molecule has 1 amide bonds. The summed E-state index contributed by atoms with van der Waals surface area (Å²) >= 11 is 0. The highest BCUT2D eigenvalue weighted by Crippen LogP contribution is 2.17. The Kier molecular flexibility index (Phi) is 4.76. The van der Waals surface area contributed by atoms with Crippen LogP contribution in [-0.4, -0.2) is 48.3 Å². The van der Waals surface area contributed by atoms with Gasteiger partial charge in [0, 0.05) is 24.3 Å². The molecular formula is C14H20N2O3. The number of likely N-dealkylation sites (tertiary alicyclic amines) is 1. The number of nitrogen functional groups attached to an aromatic ring is 1. The van der Waals surface area contributed by atoms with Crippen molar-refractivity contribution in [2.24, 2.45) is 0 Å². The molecule has 0 saturated carbocycles. The Morgan fingerprint density at radius 2 is 2.16 bits per heavy atom. The van der Waals surface area contributed by atoms with E-state index < -0.39 is 0 Å². The molecule has 5 heteroatoms. The second-order valence-corrected chi connectivity index (χ2v) is 4.71. The average molecular weight is 264 g/mol. The Bertz CT molecular complexity index is 428. The number of nitrogens with two attached hydrogens (primary N) is 1. The van der Waals surface area contributed by atoms with Crippen LogP contribution in [0.15, 0.2) is 24.3 Å². The maximum absolute atomic E-state index is 12.3. The molecule has 1 aliphatic heterocycles. The maximum atomic E-state index is 12.3. The van der Waals surface area contributed by atoms with Crippen LogP contribution in [0.25, 0.3) is 0 Å². The first-order chi connectivity index (χ1) is 9.20. The van der Waals surface area contributed by atoms with Gasteiger partial charge in [0.15, 0.2) is 0 Å². The highest BCUT2D eigenvalue weighted by atomic mass is 16.5. The third-order valence-corrected chi connectivity index (χ3v) is 3.31. The summed E-state index contributed by atoms with van der Waals surface area (Å²) in [6.45, 7) is 1.78. The molecule has 0 unspecified atom stereocenters. The van der Waals surface area contributed by atoms with Gasteiger partial charge in [-0.1, -0.05) is 6.07 Å². The Balaban J connectivity index is 1.89. The van der Waals surface area contributed by atoms with E-state index in [0.29, 0.717) is 30.9 Å². The van der Waals surface area contributed by atoms with E-state index in [1.807, 2.05) is 4.90 Å². The number of carbonyl (C=O) groups excluding carboxylic acids is 1. The van der Waals surface area contributed by atoms with Gasteiger partial charge in [0.1, 0.15) is 0 Å². The minimum Gasteiger partial charge on any atom is -0.399 e. The molecule has 0 bridgehead atoms. The summed E-state index contributed by atoms with van der Waals surface area (Å²) in [5.74, 6) is 0.0212. The van der Waals surface area contributed by atoms with Gasteiger partial charge >= 0.3 is 0 Å². The monoisotopic (exact) mass is 264 g/mol. The number of hydrogen-bond acceptors (Lipinski definition) is 4. The number of aliphatic hydroxyl groups excluding tert-OH is 1. The van der Waals surface area contributed by atoms with E-state index >= 15 is 0 Å². The number of ether oxygens (including phenoxy) is 1. The number of nitrogens with zero attached hydrogens (tertiary/aromatic N) is 1. The van der Waals surface area contributed by atoms with Crippen molar-refractivity contribution in [2.45, 2.75) is 18.9 Å². The van der Waals surface area contributed by atoms with Gasteiger partial charge in [-0.05, 0) is 31.0 Å². The standard InChI is InChI=1S/C14H20N2O3/c15-12-3-1-2-11(10-12)14(18)16-6-4-13(5-7-16)19-9-8-17/h1-3,10,13,17H,4-9,15H2. The van der Waals surface area contributed by atoms with Gasteiger partial charge < -0.3 is 20.5 Å². The van der Waals surface area contributed by atoms with Crippen LogP contribution in [-0.2, 0) is 4.74 Å². The van der Waals surface area contributed by atoms with Gasteiger partial charge in [-0.2, -0.15) is 0 Å². The van der Waals surface area contributed by atoms with Crippen LogP contribution < -0.4 is 5.73 Å². The molecule has 0 atom stereocenters. The number of aliphatic hydroxyl groups is 1. The molecule has 104 valence electrons. The number of rotatable bonds is 4. The first kappa shape index (κ1) is 13.8. The van der Waals surface area contributed by atoms with Crippen LogP contribution >= 0.6 is 0 Å². The van der Waals surface area contributed by atoms with E-state index in [1.165, 1.54) is 0 Å². The van der Waals surface area contributed by atoms with Crippen LogP contribution in [0.4, 0.5) is 5.69 Å². The molecule has 1 aromatic rings. The fourth-order valence-electron chi connectivity index (χ4n) is 2.30. The van der Waals surface area contributed by atoms with Crippen molar-refractivity contribution >= 4 is 11.6 Å². The highest BCUT2D eigenvalue weighted by Gasteiger charge is 2.23. The summed E-state index contributed by atoms with van der Waals surface area (Å²) in [7, 11) is 0. The van der Waals surface area contributed by atoms with Crippen LogP contribution in [0, 0.1) is 0 Å². The van der Waals surface area contributed by atoms with E-state index in [0.717, 1.165) is 12.8 Å². The molecule has 1 fully saturated rings. The number of piperidine rings is 1. The van der Waals surface area contributed by atoms with Crippen LogP contribution in [0.2, 0.25) is 0 Å². The van der Waals surface area contributed by atoms with Crippen molar-refractivity contribution in [2.75, 3.05) is 32.0 Å². The van der Waals surface area contributed by atoms with Gasteiger partial charge in [0.05, 0.1) is 19.3 Å². The molecule has 0 aromatic heterocycles. The van der Waals surface area contributed by atoms with Crippen LogP contribution in [0.3, 0.4) is 0 Å². The first-order valence-electron chi connectivity index (χ1n) is 6.58. The smallest absolute Gasteiger partial charge is 0.253 e. The van der Waals surface area contributed by atoms with E-state index in [4.69, 9.17) is 15.6 Å². The molecule has 1 heterocycles. The molecule has 2 rings (SSSR count). The van der Waals surface area contributed by atoms with Crippen molar-refractivity contribution in [3.8, 4) is 0 Å². The molecule has 1 aromatic carbocycles. The number of benzene rings is 1. The number of hydrogen-bond donors (Lipinski definition) is 2. The van der Waals surface area contributed by atoms with E-state index in [1.54, 1.807) is 24.3 Å². The average Bonchev–Trinajstić information content (AvgIpc) is 2.45. The predicted molar refractivity (Wildman–Crippen MR) is 72.8 cm³/mol. The SMILES string of the molecule is Nc1cccc(C(=O)N2CCC(OCCO)CC2)c1. The van der Waals surface area contributed by atoms with Crippen molar-refractivity contribution in [1.82, 2.24) is 4.90 Å². The summed E-state index contributed by atoms with van der Waals surface area (Å²) in [6, 6.07) is 7.05. The maximum Gasteiger partial charge on any atom is 0.253 e. The second-order valence-electron chi connectivity index (χ2n) is 4.71. The minimum absolute atomic E-state index is 0.0212. The molecule has 19 heavy (non-hydrogen) atoms. The molecule has 0 spiro atoms. The lowest BCUT2D eigenvalue weighted by atomic mass is 10.1. The zero-order valence-electron chi connectivity index (χ0n) is 10.9. The topological polar surface area (TPSA) is 75.8 Å². The van der Waals surface area contributed by atoms with Gasteiger partial charge in [-0.15, -0.1) is 0 Å². The fraction of sp³-hybridized carbons (Fsp3) is 0.500. The molecular weight excluding hydrogens is 244 g/mol. The quantitative estimate of drug-likeness (QED) is 0.792. The Hall–Kier alpha value is -1.59. The molecule has 1 saturated heterocycles. The van der Waals surface area contributed by atoms with Crippen molar-refractivity contribution in [3.05, 3.63) is 29.8 Å². The third kappa shape index (κ3) is 3.68. The molecule has 0 aliphatic carbocycles. The fourth-order valence-corrected chi connectivity index (χ4v) is 2.30. The summed E-state index contributed by atoms with van der Waals surface area (Å²) in [5, 5.41) is 8.71. The second kappa shape index (κ2) is 6.54. The van der Waals surface area contributed by atoms with Crippen molar-refractivity contribution < 1.29 is 14.6 Å². The summed E-state index contributed by atoms with van der Waals surface area (Å²) in [5.41, 5.74) is 6.93. The minimum atomic E-state index is 0.0212. The lowest BCUT2D eigenvalue weighted by Gasteiger charge is -2.32. The molecule has 3 N–H and O–H groups in total. The summed E-state index contributed by atoms with van der Waals surface area (Å²) in [6.07, 6.45) is 1.78. The van der Waals surface area contributed by atoms with E-state index in [9.17, 15) is 4.79 Å². The third-order valence-electron chi connectivity index (χ3n) is 3.31. The Labute approximate surface area is 113 Å². The summed E-state index contributed by atoms with van der Waals surface area (Å²) < 4.78 is 5.48. The highest BCUT2D eigenvalue weighted by molar-refractivity contribution is 5.95. The van der Waals surface area contributed by atoms with Gasteiger partial charge in [0.25, 0.3) is 5.91 Å². The van der Waals surface area contributed by atoms with E-state index in [-0.39, 0.29) is 18.6 Å². The lowest BCUT2D eigenvalue weighted by Crippen LogP contribution is -2.41. The van der Waals surface area contributed by atoms with Gasteiger partial charge in [-0.3, -0.25) is 4.79 Å². The number of amides is 1. The normalized spacial score (nSPS) is 16.6. The largest absolute Gasteiger partial charge is 0.399 e. The number of carbonyl (C=O) groups is 1. The molecule has 5 nitrogen and oxygen atoms in total. The van der Waals surface area contributed by atoms with Crippen LogP contribution in [0.5, 0.6) is 0 Å². The Morgan fingerprint density at radius 3 is 2.79 bits per heavy atom. The molecule has 1 aliphatic rings. The van der Waals surface area contributed by atoms with Crippen molar-refractivity contribution in [3.63, 3.8) is 0 Å². The zero-order chi connectivity index (χ0) is 13.7. The first-order valence-corrected chi connectivity index (χ1v) is 6.58. The van der Waals surface area contributed by atoms with E-state index in [2.05, 4.69) is 0 Å². The van der Waals surface area contributed by atoms with Crippen LogP contribution in [0.1, 0.15) is 23.2 Å². The summed E-state index contributed by atoms with van der Waals surface area (Å²) in [4.78, 5) is 14.1. The Morgan fingerprint density at radius 1 is 1.42 bits per heavy atom.